The Morgan fingerprint density at radius 2 is 1.88 bits per heavy atom. The topological polar surface area (TPSA) is 64.6 Å². The molecular weight excluding hydrogens is 421 g/mol. The van der Waals surface area contributed by atoms with Crippen molar-refractivity contribution >= 4 is 11.8 Å². The molecule has 0 spiro atoms. The number of dihydropyridines is 1. The maximum absolute atomic E-state index is 14.2. The number of rotatable bonds is 6. The summed E-state index contributed by atoms with van der Waals surface area (Å²) in [5.74, 6) is -0.835. The Labute approximate surface area is 193 Å². The first-order valence-corrected chi connectivity index (χ1v) is 11.2. The van der Waals surface area contributed by atoms with Crippen LogP contribution in [0.15, 0.2) is 71.1 Å². The van der Waals surface area contributed by atoms with E-state index >= 15 is 0 Å². The highest BCUT2D eigenvalue weighted by atomic mass is 19.1. The quantitative estimate of drug-likeness (QED) is 0.618. The van der Waals surface area contributed by atoms with Gasteiger partial charge >= 0.3 is 5.97 Å². The lowest BCUT2D eigenvalue weighted by molar-refractivity contribution is -0.139. The first-order chi connectivity index (χ1) is 15.9. The number of nitrogens with one attached hydrogen (secondary N) is 1. The summed E-state index contributed by atoms with van der Waals surface area (Å²) in [6.45, 7) is 4.01. The van der Waals surface area contributed by atoms with Crippen LogP contribution in [0.25, 0.3) is 0 Å². The number of benzene rings is 2. The summed E-state index contributed by atoms with van der Waals surface area (Å²) < 4.78 is 24.8. The van der Waals surface area contributed by atoms with Gasteiger partial charge < -0.3 is 14.8 Å². The van der Waals surface area contributed by atoms with Gasteiger partial charge in [-0.05, 0) is 61.1 Å². The van der Waals surface area contributed by atoms with Gasteiger partial charge in [0.25, 0.3) is 0 Å². The van der Waals surface area contributed by atoms with Crippen LogP contribution in [-0.2, 0) is 14.3 Å². The Bertz CT molecular complexity index is 1130. The van der Waals surface area contributed by atoms with Gasteiger partial charge in [0.2, 0.25) is 0 Å². The lowest BCUT2D eigenvalue weighted by atomic mass is 9.71. The maximum Gasteiger partial charge on any atom is 0.336 e. The second kappa shape index (κ2) is 9.61. The molecule has 0 saturated heterocycles. The van der Waals surface area contributed by atoms with Crippen LogP contribution in [0.5, 0.6) is 5.75 Å². The van der Waals surface area contributed by atoms with E-state index in [9.17, 15) is 14.0 Å². The second-order valence-corrected chi connectivity index (χ2v) is 8.48. The lowest BCUT2D eigenvalue weighted by Crippen LogP contribution is -2.36. The average Bonchev–Trinajstić information content (AvgIpc) is 2.81. The molecule has 0 fully saturated rings. The molecule has 0 bridgehead atoms. The normalized spacial score (nSPS) is 20.3. The summed E-state index contributed by atoms with van der Waals surface area (Å²) in [6.07, 6.45) is 1.62. The van der Waals surface area contributed by atoms with E-state index in [1.54, 1.807) is 26.2 Å². The van der Waals surface area contributed by atoms with Crippen LogP contribution >= 0.6 is 0 Å². The molecule has 1 heterocycles. The van der Waals surface area contributed by atoms with E-state index < -0.39 is 17.7 Å². The molecule has 172 valence electrons. The van der Waals surface area contributed by atoms with Crippen LogP contribution in [-0.4, -0.2) is 25.5 Å². The number of hydrogen-bond donors (Lipinski definition) is 1. The Hall–Kier alpha value is -3.41. The smallest absolute Gasteiger partial charge is 0.336 e. The van der Waals surface area contributed by atoms with Crippen LogP contribution in [0.2, 0.25) is 0 Å². The van der Waals surface area contributed by atoms with E-state index in [0.29, 0.717) is 41.7 Å². The van der Waals surface area contributed by atoms with Crippen LogP contribution in [0.4, 0.5) is 4.39 Å². The van der Waals surface area contributed by atoms with Crippen molar-refractivity contribution in [2.75, 3.05) is 13.7 Å². The molecule has 5 nitrogen and oxygen atoms in total. The molecule has 1 aliphatic heterocycles. The van der Waals surface area contributed by atoms with Crippen molar-refractivity contribution in [3.8, 4) is 5.75 Å². The molecule has 2 aromatic carbocycles. The summed E-state index contributed by atoms with van der Waals surface area (Å²) in [6, 6.07) is 13.8. The Balaban J connectivity index is 1.75. The number of hydrogen-bond acceptors (Lipinski definition) is 5. The third-order valence-corrected chi connectivity index (χ3v) is 6.25. The summed E-state index contributed by atoms with van der Waals surface area (Å²) in [7, 11) is 1.62. The van der Waals surface area contributed by atoms with Crippen molar-refractivity contribution in [1.82, 2.24) is 5.32 Å². The molecule has 0 aromatic heterocycles. The SMILES string of the molecule is CCCOC(=O)C1=C(C)NC2=C(C(=O)C[C@H](c3ccc(OC)cc3)C2)[C@@H]1c1cccc(F)c1. The molecule has 0 amide bonds. The van der Waals surface area contributed by atoms with E-state index in [4.69, 9.17) is 9.47 Å². The van der Waals surface area contributed by atoms with Gasteiger partial charge in [0.15, 0.2) is 5.78 Å². The number of ether oxygens (including phenoxy) is 2. The molecule has 4 rings (SSSR count). The van der Waals surface area contributed by atoms with E-state index in [1.807, 2.05) is 31.2 Å². The van der Waals surface area contributed by atoms with Gasteiger partial charge in [-0.15, -0.1) is 0 Å². The van der Waals surface area contributed by atoms with Crippen LogP contribution in [0.1, 0.15) is 56.1 Å². The van der Waals surface area contributed by atoms with Gasteiger partial charge in [-0.2, -0.15) is 0 Å². The highest BCUT2D eigenvalue weighted by Gasteiger charge is 2.41. The molecule has 0 radical (unpaired) electrons. The zero-order valence-electron chi connectivity index (χ0n) is 19.1. The van der Waals surface area contributed by atoms with E-state index in [0.717, 1.165) is 17.0 Å². The van der Waals surface area contributed by atoms with Crippen molar-refractivity contribution in [3.63, 3.8) is 0 Å². The minimum absolute atomic E-state index is 0.00390. The van der Waals surface area contributed by atoms with E-state index in [2.05, 4.69) is 5.32 Å². The number of Topliss-reactive ketones (excluding diaryl/α,β-unsaturated/α-hetero) is 1. The van der Waals surface area contributed by atoms with Crippen molar-refractivity contribution in [1.29, 1.82) is 0 Å². The van der Waals surface area contributed by atoms with Crippen molar-refractivity contribution in [2.45, 2.75) is 44.9 Å². The monoisotopic (exact) mass is 449 g/mol. The van der Waals surface area contributed by atoms with Gasteiger partial charge in [-0.25, -0.2) is 9.18 Å². The predicted molar refractivity (Wildman–Crippen MR) is 123 cm³/mol. The molecular formula is C27H28FNO4. The first-order valence-electron chi connectivity index (χ1n) is 11.2. The number of ketones is 1. The van der Waals surface area contributed by atoms with Gasteiger partial charge in [0, 0.05) is 29.3 Å². The van der Waals surface area contributed by atoms with Crippen molar-refractivity contribution in [2.24, 2.45) is 0 Å². The van der Waals surface area contributed by atoms with E-state index in [-0.39, 0.29) is 18.3 Å². The maximum atomic E-state index is 14.2. The van der Waals surface area contributed by atoms with Crippen molar-refractivity contribution in [3.05, 3.63) is 88.0 Å². The van der Waals surface area contributed by atoms with Gasteiger partial charge in [0.05, 0.1) is 19.3 Å². The molecule has 1 N–H and O–H groups in total. The standard InChI is InChI=1S/C27H28FNO4/c1-4-12-33-27(31)24-16(2)29-22-14-19(17-8-10-21(32-3)11-9-17)15-23(30)26(22)25(24)18-6-5-7-20(28)13-18/h5-11,13,19,25,29H,4,12,14-15H2,1-3H3/t19-,25-/m1/s1. The van der Waals surface area contributed by atoms with E-state index in [1.165, 1.54) is 12.1 Å². The van der Waals surface area contributed by atoms with Crippen molar-refractivity contribution < 1.29 is 23.5 Å². The lowest BCUT2D eigenvalue weighted by Gasteiger charge is -2.36. The third-order valence-electron chi connectivity index (χ3n) is 6.25. The Morgan fingerprint density at radius 3 is 2.55 bits per heavy atom. The first kappa shape index (κ1) is 22.8. The molecule has 2 atom stereocenters. The minimum Gasteiger partial charge on any atom is -0.497 e. The summed E-state index contributed by atoms with van der Waals surface area (Å²) in [5, 5.41) is 3.31. The van der Waals surface area contributed by atoms with Gasteiger partial charge in [-0.3, -0.25) is 4.79 Å². The van der Waals surface area contributed by atoms with Gasteiger partial charge in [0.1, 0.15) is 11.6 Å². The number of carbonyl (C=O) groups is 2. The largest absolute Gasteiger partial charge is 0.497 e. The molecule has 1 aliphatic carbocycles. The number of esters is 1. The molecule has 0 unspecified atom stereocenters. The number of allylic oxidation sites excluding steroid dienone is 3. The van der Waals surface area contributed by atoms with Crippen LogP contribution in [0.3, 0.4) is 0 Å². The van der Waals surface area contributed by atoms with Crippen LogP contribution < -0.4 is 10.1 Å². The predicted octanol–water partition coefficient (Wildman–Crippen LogP) is 5.15. The highest BCUT2D eigenvalue weighted by Crippen LogP contribution is 2.45. The average molecular weight is 450 g/mol. The highest BCUT2D eigenvalue weighted by molar-refractivity contribution is 6.04. The van der Waals surface area contributed by atoms with Gasteiger partial charge in [-0.1, -0.05) is 31.2 Å². The summed E-state index contributed by atoms with van der Waals surface area (Å²) in [4.78, 5) is 26.5. The fourth-order valence-corrected chi connectivity index (χ4v) is 4.71. The minimum atomic E-state index is -0.661. The molecule has 0 saturated carbocycles. The number of methoxy groups -OCH3 is 1. The Kier molecular flexibility index (Phi) is 6.63. The molecule has 2 aromatic rings. The van der Waals surface area contributed by atoms with Crippen LogP contribution in [0, 0.1) is 5.82 Å². The third kappa shape index (κ3) is 4.56. The number of carbonyl (C=O) groups excluding carboxylic acids is 2. The summed E-state index contributed by atoms with van der Waals surface area (Å²) in [5.41, 5.74) is 3.93. The Morgan fingerprint density at radius 1 is 1.12 bits per heavy atom. The second-order valence-electron chi connectivity index (χ2n) is 8.48. The molecule has 2 aliphatic rings. The zero-order valence-corrected chi connectivity index (χ0v) is 19.1. The zero-order chi connectivity index (χ0) is 23.5. The summed E-state index contributed by atoms with van der Waals surface area (Å²) >= 11 is 0. The fraction of sp³-hybridized carbons (Fsp3) is 0.333. The molecule has 33 heavy (non-hydrogen) atoms. The fourth-order valence-electron chi connectivity index (χ4n) is 4.71. The molecule has 6 heteroatoms. The number of halogens is 1.